The second-order valence-corrected chi connectivity index (χ2v) is 29.2. The highest BCUT2D eigenvalue weighted by Crippen LogP contribution is 2.57. The third-order valence-corrected chi connectivity index (χ3v) is 22.6. The van der Waals surface area contributed by atoms with Crippen LogP contribution in [0, 0.1) is 0 Å². The predicted octanol–water partition coefficient (Wildman–Crippen LogP) is 26.5. The summed E-state index contributed by atoms with van der Waals surface area (Å²) in [7, 11) is 0. The lowest BCUT2D eigenvalue weighted by molar-refractivity contribution is 0.631. The fraction of sp³-hybridized carbons (Fsp3) is 0.0968. The Balaban J connectivity index is 0.662. The number of anilines is 6. The van der Waals surface area contributed by atoms with E-state index < -0.39 is 0 Å². The van der Waals surface area contributed by atoms with E-state index in [0.29, 0.717) is 0 Å². The molecule has 0 bridgehead atoms. The third-order valence-electron chi connectivity index (χ3n) is 22.6. The first-order valence-electron chi connectivity index (χ1n) is 34.4. The van der Waals surface area contributed by atoms with Crippen LogP contribution in [0.1, 0.15) is 74.9 Å². The van der Waals surface area contributed by atoms with Crippen LogP contribution < -0.4 is 9.80 Å². The highest BCUT2D eigenvalue weighted by Gasteiger charge is 2.41. The molecule has 99 heavy (non-hydrogen) atoms. The molecule has 0 spiro atoms. The smallest absolute Gasteiger partial charge is 0.137 e. The number of nitrogens with zero attached hydrogens (tertiary/aromatic N) is 2. The molecule has 18 aromatic rings. The molecule has 21 rings (SSSR count). The predicted molar refractivity (Wildman–Crippen MR) is 408 cm³/mol. The SMILES string of the molecule is CC1(C)c2cc3c(cc2-c2cc4oc5cc(N(c6ccc(-c7cc8ccccc8o7)cc6)c6ccc7c(c6)C(C)(C)c6ccc8ccccc8c6-7)ccc5c4cc21)oc1cc(N(c2ccc(-c4cc5ccccc5o4)cc2)c2ccc4c(c2)C(C)(C)c2ccc5ccccc5c2-4)ccc13. The molecule has 3 aliphatic rings. The zero-order valence-corrected chi connectivity index (χ0v) is 55.6. The molecular weight excluding hydrogens is 1210 g/mol. The first-order chi connectivity index (χ1) is 48.3. The van der Waals surface area contributed by atoms with E-state index in [1.165, 1.54) is 77.2 Å². The van der Waals surface area contributed by atoms with Gasteiger partial charge in [0.2, 0.25) is 0 Å². The van der Waals surface area contributed by atoms with Gasteiger partial charge in [-0.2, -0.15) is 0 Å². The van der Waals surface area contributed by atoms with Crippen molar-refractivity contribution in [1.82, 2.24) is 0 Å². The van der Waals surface area contributed by atoms with Crippen molar-refractivity contribution in [2.45, 2.75) is 57.8 Å². The van der Waals surface area contributed by atoms with Crippen molar-refractivity contribution in [3.05, 3.63) is 312 Å². The van der Waals surface area contributed by atoms with Crippen LogP contribution in [0.3, 0.4) is 0 Å². The number of benzene rings is 14. The van der Waals surface area contributed by atoms with Crippen molar-refractivity contribution in [2.24, 2.45) is 0 Å². The summed E-state index contributed by atoms with van der Waals surface area (Å²) < 4.78 is 27.0. The second kappa shape index (κ2) is 20.0. The Labute approximate surface area is 571 Å². The van der Waals surface area contributed by atoms with E-state index in [-0.39, 0.29) is 16.2 Å². The maximum absolute atomic E-state index is 7.10. The molecule has 0 saturated carbocycles. The van der Waals surface area contributed by atoms with E-state index >= 15 is 0 Å². The molecule has 0 amide bonds. The van der Waals surface area contributed by atoms with Gasteiger partial charge in [-0.25, -0.2) is 0 Å². The van der Waals surface area contributed by atoms with Gasteiger partial charge in [-0.05, 0) is 234 Å². The van der Waals surface area contributed by atoms with Gasteiger partial charge in [0, 0.05) is 106 Å². The van der Waals surface area contributed by atoms with Gasteiger partial charge in [0.05, 0.1) is 0 Å². The van der Waals surface area contributed by atoms with E-state index in [2.05, 4.69) is 306 Å². The van der Waals surface area contributed by atoms with Gasteiger partial charge in [0.25, 0.3) is 0 Å². The maximum Gasteiger partial charge on any atom is 0.137 e. The topological polar surface area (TPSA) is 59.0 Å². The maximum atomic E-state index is 7.10. The first kappa shape index (κ1) is 56.1. The molecule has 0 unspecified atom stereocenters. The summed E-state index contributed by atoms with van der Waals surface area (Å²) >= 11 is 0. The fourth-order valence-corrected chi connectivity index (χ4v) is 17.5. The van der Waals surface area contributed by atoms with Crippen LogP contribution in [0.15, 0.2) is 297 Å². The quantitative estimate of drug-likeness (QED) is 0.151. The number of fused-ring (bicyclic) bond motifs is 21. The van der Waals surface area contributed by atoms with Crippen molar-refractivity contribution in [3.8, 4) is 56.0 Å². The van der Waals surface area contributed by atoms with E-state index in [4.69, 9.17) is 17.7 Å². The van der Waals surface area contributed by atoms with Crippen molar-refractivity contribution in [3.63, 3.8) is 0 Å². The number of hydrogen-bond acceptors (Lipinski definition) is 6. The molecule has 0 saturated heterocycles. The molecule has 14 aromatic carbocycles. The molecule has 4 aromatic heterocycles. The second-order valence-electron chi connectivity index (χ2n) is 29.2. The molecule has 4 heterocycles. The Morgan fingerprint density at radius 1 is 0.222 bits per heavy atom. The summed E-state index contributed by atoms with van der Waals surface area (Å²) in [5, 5.41) is 11.6. The minimum Gasteiger partial charge on any atom is -0.456 e. The van der Waals surface area contributed by atoms with Gasteiger partial charge in [0.15, 0.2) is 0 Å². The molecule has 0 aliphatic heterocycles. The van der Waals surface area contributed by atoms with Crippen LogP contribution in [0.4, 0.5) is 34.1 Å². The molecule has 470 valence electrons. The summed E-state index contributed by atoms with van der Waals surface area (Å²) in [5.41, 5.74) is 28.0. The van der Waals surface area contributed by atoms with Gasteiger partial charge in [-0.1, -0.05) is 163 Å². The minimum absolute atomic E-state index is 0.224. The zero-order chi connectivity index (χ0) is 65.9. The average molecular weight is 1270 g/mol. The van der Waals surface area contributed by atoms with Crippen LogP contribution in [-0.2, 0) is 16.2 Å². The van der Waals surface area contributed by atoms with E-state index in [1.54, 1.807) is 0 Å². The molecule has 6 heteroatoms. The number of para-hydroxylation sites is 2. The molecule has 0 N–H and O–H groups in total. The summed E-state index contributed by atoms with van der Waals surface area (Å²) in [6, 6.07) is 102. The summed E-state index contributed by atoms with van der Waals surface area (Å²) in [4.78, 5) is 4.75. The number of furan rings is 4. The molecular formula is C93H64N2O4. The van der Waals surface area contributed by atoms with Crippen LogP contribution in [0.2, 0.25) is 0 Å². The van der Waals surface area contributed by atoms with Crippen LogP contribution in [0.25, 0.3) is 143 Å². The molecule has 3 aliphatic carbocycles. The lowest BCUT2D eigenvalue weighted by Gasteiger charge is -2.28. The largest absolute Gasteiger partial charge is 0.456 e. The number of rotatable bonds is 8. The van der Waals surface area contributed by atoms with E-state index in [1.807, 2.05) is 24.3 Å². The molecule has 0 fully saturated rings. The lowest BCUT2D eigenvalue weighted by Crippen LogP contribution is -2.16. The van der Waals surface area contributed by atoms with Crippen LogP contribution in [-0.4, -0.2) is 0 Å². The Bertz CT molecular complexity index is 6060. The molecule has 6 nitrogen and oxygen atoms in total. The van der Waals surface area contributed by atoms with Crippen molar-refractivity contribution >= 4 is 121 Å². The van der Waals surface area contributed by atoms with Crippen molar-refractivity contribution < 1.29 is 17.7 Å². The van der Waals surface area contributed by atoms with Crippen molar-refractivity contribution in [1.29, 1.82) is 0 Å². The molecule has 0 radical (unpaired) electrons. The van der Waals surface area contributed by atoms with Gasteiger partial charge < -0.3 is 27.5 Å². The Hall–Kier alpha value is -12.1. The third kappa shape index (κ3) is 8.06. The first-order valence-corrected chi connectivity index (χ1v) is 34.4. The summed E-state index contributed by atoms with van der Waals surface area (Å²) in [6.45, 7) is 14.2. The average Bonchev–Trinajstić information content (AvgIpc) is 1.57. The normalized spacial score (nSPS) is 14.4. The van der Waals surface area contributed by atoms with E-state index in [9.17, 15) is 0 Å². The number of hydrogen-bond donors (Lipinski definition) is 0. The highest BCUT2D eigenvalue weighted by molar-refractivity contribution is 6.12. The van der Waals surface area contributed by atoms with Crippen molar-refractivity contribution in [2.75, 3.05) is 9.80 Å². The minimum atomic E-state index is -0.322. The van der Waals surface area contributed by atoms with Gasteiger partial charge >= 0.3 is 0 Å². The molecule has 0 atom stereocenters. The Morgan fingerprint density at radius 2 is 0.576 bits per heavy atom. The fourth-order valence-electron chi connectivity index (χ4n) is 17.5. The van der Waals surface area contributed by atoms with Crippen LogP contribution >= 0.6 is 0 Å². The van der Waals surface area contributed by atoms with Gasteiger partial charge in [-0.3, -0.25) is 0 Å². The van der Waals surface area contributed by atoms with E-state index in [0.717, 1.165) is 134 Å². The zero-order valence-electron chi connectivity index (χ0n) is 55.6. The van der Waals surface area contributed by atoms with Gasteiger partial charge in [-0.15, -0.1) is 0 Å². The standard InChI is InChI=1S/C93H64N2O4/c1-91(2)75-41-27-53-15-7-11-19-65(53)89(75)69-39-35-61(45-77(69)91)94(59-29-23-55(24-30-59)83-43-57-17-9-13-21-81(57)96-83)63-33-37-67-73-49-79-71(51-87(73)98-85(67)47-63)72-52-88-74(50-80(72)93(79,5)6)68-38-34-64(48-86(68)99-88)95(60-31-25-56(26-32-60)84-44-58-18-10-14-22-82(58)97-84)62-36-40-70-78(46-62)92(3,4)76-42-28-54-16-8-12-20-66(54)90(70)76/h7-52H,1-6H3. The Kier molecular flexibility index (Phi) is 11.3. The highest BCUT2D eigenvalue weighted by atomic mass is 16.3. The monoisotopic (exact) mass is 1270 g/mol. The van der Waals surface area contributed by atoms with Crippen LogP contribution in [0.5, 0.6) is 0 Å². The summed E-state index contributed by atoms with van der Waals surface area (Å²) in [5.74, 6) is 1.68. The Morgan fingerprint density at radius 3 is 1.01 bits per heavy atom. The lowest BCUT2D eigenvalue weighted by atomic mass is 9.81. The summed E-state index contributed by atoms with van der Waals surface area (Å²) in [6.07, 6.45) is 0. The van der Waals surface area contributed by atoms with Gasteiger partial charge in [0.1, 0.15) is 45.0 Å².